The van der Waals surface area contributed by atoms with Crippen molar-refractivity contribution >= 4 is 0 Å². The summed E-state index contributed by atoms with van der Waals surface area (Å²) >= 11 is 0. The molecule has 0 N–H and O–H groups in total. The molecule has 0 aromatic carbocycles. The number of hydrogen-bond acceptors (Lipinski definition) is 5. The zero-order valence-corrected chi connectivity index (χ0v) is 18.1. The Hall–Kier alpha value is -0.200. The van der Waals surface area contributed by atoms with Crippen molar-refractivity contribution in [1.82, 2.24) is 9.80 Å². The topological polar surface area (TPSA) is 34.2 Å². The summed E-state index contributed by atoms with van der Waals surface area (Å²) in [6.45, 7) is 8.15. The number of piperazine rings is 1. The van der Waals surface area contributed by atoms with E-state index in [1.54, 1.807) is 21.3 Å². The molecule has 1 aliphatic rings. The van der Waals surface area contributed by atoms with Crippen LogP contribution in [-0.2, 0) is 14.2 Å². The summed E-state index contributed by atoms with van der Waals surface area (Å²) in [5, 5.41) is 0. The predicted molar refractivity (Wildman–Crippen MR) is 108 cm³/mol. The van der Waals surface area contributed by atoms with Crippen LogP contribution in [0.5, 0.6) is 0 Å². The molecule has 1 rings (SSSR count). The van der Waals surface area contributed by atoms with Crippen molar-refractivity contribution in [2.24, 2.45) is 5.92 Å². The maximum atomic E-state index is 5.69. The minimum Gasteiger partial charge on any atom is -0.331 e. The standard InChI is InChI=1S/C21H44N2O3/c1-6-7-8-9-10-11-13-20(21(24-3,25-4)26-5)14-12-15-23-18-16-22(2)17-19-23/h20H,6-19H2,1-5H3. The lowest BCUT2D eigenvalue weighted by atomic mass is 9.92. The molecular weight excluding hydrogens is 328 g/mol. The number of rotatable bonds is 15. The average Bonchev–Trinajstić information content (AvgIpc) is 2.67. The van der Waals surface area contributed by atoms with E-state index in [-0.39, 0.29) is 5.92 Å². The van der Waals surface area contributed by atoms with Gasteiger partial charge in [0, 0.05) is 53.4 Å². The van der Waals surface area contributed by atoms with Crippen molar-refractivity contribution in [2.75, 3.05) is 61.1 Å². The Morgan fingerprint density at radius 1 is 0.769 bits per heavy atom. The molecule has 0 aromatic rings. The van der Waals surface area contributed by atoms with Crippen molar-refractivity contribution in [1.29, 1.82) is 0 Å². The highest BCUT2D eigenvalue weighted by molar-refractivity contribution is 4.74. The summed E-state index contributed by atoms with van der Waals surface area (Å²) in [7, 11) is 7.29. The lowest BCUT2D eigenvalue weighted by Crippen LogP contribution is -2.46. The molecule has 1 saturated heterocycles. The molecule has 1 fully saturated rings. The largest absolute Gasteiger partial charge is 0.331 e. The van der Waals surface area contributed by atoms with E-state index < -0.39 is 5.97 Å². The fourth-order valence-corrected chi connectivity index (χ4v) is 4.05. The molecular formula is C21H44N2O3. The molecule has 0 saturated carbocycles. The molecule has 0 spiro atoms. The Kier molecular flexibility index (Phi) is 12.7. The highest BCUT2D eigenvalue weighted by Gasteiger charge is 2.39. The highest BCUT2D eigenvalue weighted by atomic mass is 16.9. The van der Waals surface area contributed by atoms with Crippen LogP contribution in [0.25, 0.3) is 0 Å². The second-order valence-corrected chi connectivity index (χ2v) is 7.76. The van der Waals surface area contributed by atoms with E-state index >= 15 is 0 Å². The quantitative estimate of drug-likeness (QED) is 0.321. The van der Waals surface area contributed by atoms with Gasteiger partial charge in [-0.1, -0.05) is 45.4 Å². The number of hydrogen-bond donors (Lipinski definition) is 0. The minimum absolute atomic E-state index is 0.279. The van der Waals surface area contributed by atoms with Crippen LogP contribution in [0.3, 0.4) is 0 Å². The summed E-state index contributed by atoms with van der Waals surface area (Å²) in [6.07, 6.45) is 11.2. The minimum atomic E-state index is -0.897. The summed E-state index contributed by atoms with van der Waals surface area (Å²) in [4.78, 5) is 4.99. The number of likely N-dealkylation sites (N-methyl/N-ethyl adjacent to an activating group) is 1. The number of methoxy groups -OCH3 is 3. The zero-order valence-electron chi connectivity index (χ0n) is 18.1. The average molecular weight is 373 g/mol. The third-order valence-electron chi connectivity index (χ3n) is 5.88. The second-order valence-electron chi connectivity index (χ2n) is 7.76. The Morgan fingerprint density at radius 3 is 1.88 bits per heavy atom. The van der Waals surface area contributed by atoms with Gasteiger partial charge in [-0.25, -0.2) is 0 Å². The summed E-state index contributed by atoms with van der Waals surface area (Å²) in [6, 6.07) is 0. The zero-order chi connectivity index (χ0) is 19.3. The molecule has 0 bridgehead atoms. The monoisotopic (exact) mass is 372 g/mol. The Morgan fingerprint density at radius 2 is 1.31 bits per heavy atom. The number of nitrogens with zero attached hydrogens (tertiary/aromatic N) is 2. The second kappa shape index (κ2) is 13.9. The molecule has 0 amide bonds. The van der Waals surface area contributed by atoms with Gasteiger partial charge in [-0.15, -0.1) is 0 Å². The van der Waals surface area contributed by atoms with E-state index in [9.17, 15) is 0 Å². The van der Waals surface area contributed by atoms with Crippen LogP contribution in [0.1, 0.15) is 64.7 Å². The summed E-state index contributed by atoms with van der Waals surface area (Å²) in [5.74, 6) is -0.618. The van der Waals surface area contributed by atoms with E-state index in [4.69, 9.17) is 14.2 Å². The fourth-order valence-electron chi connectivity index (χ4n) is 4.05. The van der Waals surface area contributed by atoms with Gasteiger partial charge in [-0.2, -0.15) is 0 Å². The first-order valence-corrected chi connectivity index (χ1v) is 10.7. The van der Waals surface area contributed by atoms with E-state index in [1.807, 2.05) is 0 Å². The van der Waals surface area contributed by atoms with E-state index in [0.29, 0.717) is 0 Å². The van der Waals surface area contributed by atoms with Crippen LogP contribution in [0, 0.1) is 5.92 Å². The molecule has 1 aliphatic heterocycles. The van der Waals surface area contributed by atoms with Crippen LogP contribution >= 0.6 is 0 Å². The normalized spacial score (nSPS) is 18.3. The molecule has 5 heteroatoms. The maximum Gasteiger partial charge on any atom is 0.285 e. The lowest BCUT2D eigenvalue weighted by Gasteiger charge is -2.37. The highest BCUT2D eigenvalue weighted by Crippen LogP contribution is 2.32. The van der Waals surface area contributed by atoms with Gasteiger partial charge in [0.05, 0.1) is 0 Å². The first-order valence-electron chi connectivity index (χ1n) is 10.7. The van der Waals surface area contributed by atoms with Gasteiger partial charge in [0.2, 0.25) is 0 Å². The Balaban J connectivity index is 2.43. The molecule has 0 aliphatic carbocycles. The number of unbranched alkanes of at least 4 members (excludes halogenated alkanes) is 5. The van der Waals surface area contributed by atoms with Crippen molar-refractivity contribution < 1.29 is 14.2 Å². The van der Waals surface area contributed by atoms with Crippen LogP contribution in [0.15, 0.2) is 0 Å². The van der Waals surface area contributed by atoms with Gasteiger partial charge in [0.15, 0.2) is 0 Å². The van der Waals surface area contributed by atoms with Gasteiger partial charge >= 0.3 is 0 Å². The van der Waals surface area contributed by atoms with Crippen LogP contribution in [0.2, 0.25) is 0 Å². The fraction of sp³-hybridized carbons (Fsp3) is 1.00. The smallest absolute Gasteiger partial charge is 0.285 e. The van der Waals surface area contributed by atoms with Crippen molar-refractivity contribution in [2.45, 2.75) is 70.7 Å². The van der Waals surface area contributed by atoms with Gasteiger partial charge < -0.3 is 24.0 Å². The maximum absolute atomic E-state index is 5.69. The molecule has 5 nitrogen and oxygen atoms in total. The van der Waals surface area contributed by atoms with Crippen LogP contribution in [0.4, 0.5) is 0 Å². The summed E-state index contributed by atoms with van der Waals surface area (Å²) < 4.78 is 17.1. The lowest BCUT2D eigenvalue weighted by molar-refractivity contribution is -0.380. The third kappa shape index (κ3) is 8.22. The van der Waals surface area contributed by atoms with E-state index in [1.165, 1.54) is 71.1 Å². The predicted octanol–water partition coefficient (Wildman–Crippen LogP) is 3.97. The van der Waals surface area contributed by atoms with Crippen molar-refractivity contribution in [3.8, 4) is 0 Å². The van der Waals surface area contributed by atoms with Gasteiger partial charge in [-0.05, 0) is 32.9 Å². The first kappa shape index (κ1) is 23.8. The molecule has 156 valence electrons. The Labute approximate surface area is 162 Å². The van der Waals surface area contributed by atoms with Crippen LogP contribution < -0.4 is 0 Å². The molecule has 0 aromatic heterocycles. The van der Waals surface area contributed by atoms with Gasteiger partial charge in [0.25, 0.3) is 5.97 Å². The van der Waals surface area contributed by atoms with E-state index in [0.717, 1.165) is 19.4 Å². The molecule has 26 heavy (non-hydrogen) atoms. The third-order valence-corrected chi connectivity index (χ3v) is 5.88. The molecule has 1 unspecified atom stereocenters. The Bertz CT molecular complexity index is 321. The van der Waals surface area contributed by atoms with Crippen molar-refractivity contribution in [3.63, 3.8) is 0 Å². The summed E-state index contributed by atoms with van der Waals surface area (Å²) in [5.41, 5.74) is 0. The first-order chi connectivity index (χ1) is 12.6. The molecule has 0 radical (unpaired) electrons. The van der Waals surface area contributed by atoms with Gasteiger partial charge in [0.1, 0.15) is 0 Å². The van der Waals surface area contributed by atoms with Gasteiger partial charge in [-0.3, -0.25) is 0 Å². The number of ether oxygens (including phenoxy) is 3. The van der Waals surface area contributed by atoms with Crippen LogP contribution in [-0.4, -0.2) is 76.9 Å². The van der Waals surface area contributed by atoms with Crippen molar-refractivity contribution in [3.05, 3.63) is 0 Å². The molecule has 1 atom stereocenters. The van der Waals surface area contributed by atoms with E-state index in [2.05, 4.69) is 23.8 Å². The molecule has 1 heterocycles. The SMILES string of the molecule is CCCCCCCCC(CCCN1CCN(C)CC1)C(OC)(OC)OC.